The van der Waals surface area contributed by atoms with Crippen LogP contribution in [-0.2, 0) is 14.9 Å². The van der Waals surface area contributed by atoms with Crippen LogP contribution >= 0.6 is 0 Å². The van der Waals surface area contributed by atoms with Crippen LogP contribution in [-0.4, -0.2) is 65.0 Å². The Morgan fingerprint density at radius 3 is 2.38 bits per heavy atom. The smallest absolute Gasteiger partial charge is 0.264 e. The van der Waals surface area contributed by atoms with E-state index in [9.17, 15) is 23.4 Å². The number of amides is 1. The van der Waals surface area contributed by atoms with Crippen LogP contribution in [0.25, 0.3) is 0 Å². The van der Waals surface area contributed by atoms with Gasteiger partial charge >= 0.3 is 0 Å². The molecule has 3 N–H and O–H groups in total. The number of hydrogen-bond donors (Lipinski definition) is 3. The molecule has 1 aliphatic heterocycles. The first kappa shape index (κ1) is 29.8. The number of aliphatic hydroxyl groups is 2. The lowest BCUT2D eigenvalue weighted by molar-refractivity contribution is -0.175. The van der Waals surface area contributed by atoms with Crippen molar-refractivity contribution in [2.45, 2.75) is 116 Å². The van der Waals surface area contributed by atoms with Crippen LogP contribution in [0.15, 0.2) is 0 Å². The number of hydrogen-bond acceptors (Lipinski definition) is 5. The normalized spacial score (nSPS) is 43.8. The molecule has 1 saturated heterocycles. The van der Waals surface area contributed by atoms with Gasteiger partial charge in [-0.25, -0.2) is 0 Å². The summed E-state index contributed by atoms with van der Waals surface area (Å²) in [7, 11) is -3.92. The molecule has 224 valence electrons. The van der Waals surface area contributed by atoms with E-state index in [4.69, 9.17) is 4.55 Å². The van der Waals surface area contributed by atoms with Crippen LogP contribution in [0.5, 0.6) is 0 Å². The van der Waals surface area contributed by atoms with Crippen molar-refractivity contribution < 1.29 is 28.0 Å². The second-order valence-electron chi connectivity index (χ2n) is 14.8. The molecular weight excluding hydrogens is 514 g/mol. The molecule has 4 saturated carbocycles. The SMILES string of the molecule is CC(CCC(=O)N1CCC(CCS(=O)(=O)O)CC1)C1CCC2C3CCC4CC(O)CCC4(C)C3CC(O)C12C. The van der Waals surface area contributed by atoms with E-state index in [1.54, 1.807) is 0 Å². The topological polar surface area (TPSA) is 115 Å². The summed E-state index contributed by atoms with van der Waals surface area (Å²) in [6, 6.07) is 0. The van der Waals surface area contributed by atoms with Gasteiger partial charge in [0.15, 0.2) is 0 Å². The fourth-order valence-corrected chi connectivity index (χ4v) is 11.3. The second-order valence-corrected chi connectivity index (χ2v) is 16.4. The van der Waals surface area contributed by atoms with E-state index in [2.05, 4.69) is 20.8 Å². The largest absolute Gasteiger partial charge is 0.393 e. The van der Waals surface area contributed by atoms with Crippen molar-refractivity contribution >= 4 is 16.0 Å². The van der Waals surface area contributed by atoms with E-state index >= 15 is 0 Å². The van der Waals surface area contributed by atoms with Crippen molar-refractivity contribution in [3.05, 3.63) is 0 Å². The van der Waals surface area contributed by atoms with Gasteiger partial charge in [0.2, 0.25) is 5.91 Å². The maximum atomic E-state index is 13.1. The summed E-state index contributed by atoms with van der Waals surface area (Å²) in [6.45, 7) is 8.47. The fraction of sp³-hybridized carbons (Fsp3) is 0.968. The predicted octanol–water partition coefficient (Wildman–Crippen LogP) is 4.91. The molecular formula is C31H53NO6S. The highest BCUT2D eigenvalue weighted by atomic mass is 32.2. The molecule has 10 atom stereocenters. The first-order valence-corrected chi connectivity index (χ1v) is 17.5. The molecule has 1 amide bonds. The highest BCUT2D eigenvalue weighted by Gasteiger charge is 2.63. The third-order valence-corrected chi connectivity index (χ3v) is 13.8. The maximum Gasteiger partial charge on any atom is 0.264 e. The van der Waals surface area contributed by atoms with Crippen molar-refractivity contribution in [2.75, 3.05) is 18.8 Å². The molecule has 4 aliphatic carbocycles. The Balaban J connectivity index is 1.16. The van der Waals surface area contributed by atoms with E-state index in [0.717, 1.165) is 51.4 Å². The Bertz CT molecular complexity index is 995. The zero-order valence-corrected chi connectivity index (χ0v) is 25.2. The first-order chi connectivity index (χ1) is 18.3. The number of nitrogens with zero attached hydrogens (tertiary/aromatic N) is 1. The van der Waals surface area contributed by atoms with Gasteiger partial charge < -0.3 is 15.1 Å². The summed E-state index contributed by atoms with van der Waals surface area (Å²) in [5, 5.41) is 22.1. The molecule has 0 bridgehead atoms. The van der Waals surface area contributed by atoms with Crippen LogP contribution < -0.4 is 0 Å². The third-order valence-electron chi connectivity index (χ3n) is 13.1. The molecule has 0 spiro atoms. The lowest BCUT2D eigenvalue weighted by Gasteiger charge is -2.62. The van der Waals surface area contributed by atoms with Crippen molar-refractivity contribution in [3.63, 3.8) is 0 Å². The molecule has 0 radical (unpaired) electrons. The molecule has 8 heteroatoms. The Labute approximate surface area is 236 Å². The fourth-order valence-electron chi connectivity index (χ4n) is 10.7. The zero-order chi connectivity index (χ0) is 28.2. The average molecular weight is 568 g/mol. The Morgan fingerprint density at radius 1 is 0.974 bits per heavy atom. The Hall–Kier alpha value is -0.700. The number of carbonyl (C=O) groups excluding carboxylic acids is 1. The first-order valence-electron chi connectivity index (χ1n) is 15.9. The Kier molecular flexibility index (Phi) is 8.54. The lowest BCUT2D eigenvalue weighted by atomic mass is 9.43. The van der Waals surface area contributed by atoms with Gasteiger partial charge in [0.1, 0.15) is 0 Å². The molecule has 0 aromatic rings. The minimum Gasteiger partial charge on any atom is -0.393 e. The van der Waals surface area contributed by atoms with Crippen molar-refractivity contribution in [1.29, 1.82) is 0 Å². The number of fused-ring (bicyclic) bond motifs is 5. The average Bonchev–Trinajstić information content (AvgIpc) is 3.25. The monoisotopic (exact) mass is 567 g/mol. The van der Waals surface area contributed by atoms with Gasteiger partial charge in [0.25, 0.3) is 10.1 Å². The summed E-state index contributed by atoms with van der Waals surface area (Å²) in [5.74, 6) is 3.47. The lowest BCUT2D eigenvalue weighted by Crippen LogP contribution is -2.58. The van der Waals surface area contributed by atoms with Crippen LogP contribution in [0.1, 0.15) is 104 Å². The summed E-state index contributed by atoms with van der Waals surface area (Å²) >= 11 is 0. The van der Waals surface area contributed by atoms with Crippen LogP contribution in [0.3, 0.4) is 0 Å². The van der Waals surface area contributed by atoms with E-state index in [-0.39, 0.29) is 40.6 Å². The quantitative estimate of drug-likeness (QED) is 0.377. The molecule has 0 aromatic carbocycles. The van der Waals surface area contributed by atoms with Crippen molar-refractivity contribution in [2.24, 2.45) is 52.3 Å². The molecule has 1 heterocycles. The summed E-state index contributed by atoms with van der Waals surface area (Å²) in [5.41, 5.74) is 0.173. The molecule has 7 nitrogen and oxygen atoms in total. The van der Waals surface area contributed by atoms with Gasteiger partial charge in [-0.1, -0.05) is 20.8 Å². The van der Waals surface area contributed by atoms with E-state index in [1.165, 1.54) is 19.3 Å². The van der Waals surface area contributed by atoms with Gasteiger partial charge in [-0.3, -0.25) is 9.35 Å². The van der Waals surface area contributed by atoms with E-state index in [0.29, 0.717) is 61.4 Å². The number of carbonyl (C=O) groups is 1. The van der Waals surface area contributed by atoms with Crippen LogP contribution in [0, 0.1) is 52.3 Å². The number of rotatable bonds is 7. The van der Waals surface area contributed by atoms with Gasteiger partial charge in [-0.2, -0.15) is 8.42 Å². The van der Waals surface area contributed by atoms with Crippen molar-refractivity contribution in [1.82, 2.24) is 4.90 Å². The van der Waals surface area contributed by atoms with Crippen molar-refractivity contribution in [3.8, 4) is 0 Å². The predicted molar refractivity (Wildman–Crippen MR) is 151 cm³/mol. The molecule has 5 aliphatic rings. The maximum absolute atomic E-state index is 13.1. The highest BCUT2D eigenvalue weighted by Crippen LogP contribution is 2.68. The summed E-state index contributed by atoms with van der Waals surface area (Å²) < 4.78 is 31.1. The molecule has 0 aromatic heterocycles. The molecule has 5 fully saturated rings. The Morgan fingerprint density at radius 2 is 1.69 bits per heavy atom. The molecule has 10 unspecified atom stereocenters. The minimum absolute atomic E-state index is 0.0770. The number of piperidine rings is 1. The summed E-state index contributed by atoms with van der Waals surface area (Å²) in [6.07, 6.45) is 11.7. The summed E-state index contributed by atoms with van der Waals surface area (Å²) in [4.78, 5) is 15.0. The molecule has 39 heavy (non-hydrogen) atoms. The third kappa shape index (κ3) is 5.70. The zero-order valence-electron chi connectivity index (χ0n) is 24.4. The highest BCUT2D eigenvalue weighted by molar-refractivity contribution is 7.85. The van der Waals surface area contributed by atoms with Crippen LogP contribution in [0.4, 0.5) is 0 Å². The van der Waals surface area contributed by atoms with E-state index in [1.807, 2.05) is 4.90 Å². The van der Waals surface area contributed by atoms with Gasteiger partial charge in [-0.15, -0.1) is 0 Å². The molecule has 5 rings (SSSR count). The second kappa shape index (κ2) is 11.2. The number of likely N-dealkylation sites (tertiary alicyclic amines) is 1. The van der Waals surface area contributed by atoms with Gasteiger partial charge in [-0.05, 0) is 129 Å². The van der Waals surface area contributed by atoms with Gasteiger partial charge in [0.05, 0.1) is 18.0 Å². The standard InChI is InChI=1S/C31H53NO6S/c1-20(4-9-29(35)32-15-11-21(12-16-32)13-17-39(36,37)38)25-7-8-26-24-6-5-22-18-23(33)10-14-30(22,2)27(24)19-28(34)31(25,26)3/h20-28,33-34H,4-19H2,1-3H3,(H,36,37,38). The number of aliphatic hydroxyl groups excluding tert-OH is 2. The van der Waals surface area contributed by atoms with Gasteiger partial charge in [0, 0.05) is 19.5 Å². The minimum atomic E-state index is -3.92. The van der Waals surface area contributed by atoms with Crippen LogP contribution in [0.2, 0.25) is 0 Å². The van der Waals surface area contributed by atoms with E-state index < -0.39 is 10.1 Å².